The molecule has 1 aromatic heterocycles. The van der Waals surface area contributed by atoms with Gasteiger partial charge in [0, 0.05) is 12.2 Å². The number of nitrogens with one attached hydrogen (secondary N) is 1. The van der Waals surface area contributed by atoms with Crippen LogP contribution in [-0.2, 0) is 17.8 Å². The highest BCUT2D eigenvalue weighted by atomic mass is 16.5. The largest absolute Gasteiger partial charge is 0.496 e. The third-order valence-corrected chi connectivity index (χ3v) is 3.53. The van der Waals surface area contributed by atoms with Crippen molar-refractivity contribution in [2.24, 2.45) is 0 Å². The van der Waals surface area contributed by atoms with E-state index in [1.54, 1.807) is 11.8 Å². The summed E-state index contributed by atoms with van der Waals surface area (Å²) in [4.78, 5) is 11.9. The molecule has 0 saturated heterocycles. The van der Waals surface area contributed by atoms with Crippen molar-refractivity contribution in [2.75, 3.05) is 13.7 Å². The quantitative estimate of drug-likeness (QED) is 0.798. The minimum Gasteiger partial charge on any atom is -0.496 e. The lowest BCUT2D eigenvalue weighted by Gasteiger charge is -2.09. The van der Waals surface area contributed by atoms with Crippen LogP contribution in [0.4, 0.5) is 0 Å². The number of aryl methyl sites for hydroxylation is 3. The summed E-state index contributed by atoms with van der Waals surface area (Å²) >= 11 is 0. The summed E-state index contributed by atoms with van der Waals surface area (Å²) in [5, 5.41) is 7.22. The van der Waals surface area contributed by atoms with E-state index in [0.29, 0.717) is 6.54 Å². The van der Waals surface area contributed by atoms with E-state index in [-0.39, 0.29) is 12.5 Å². The Morgan fingerprint density at radius 3 is 2.77 bits per heavy atom. The van der Waals surface area contributed by atoms with Crippen molar-refractivity contribution >= 4 is 5.91 Å². The molecule has 0 radical (unpaired) electrons. The highest BCUT2D eigenvalue weighted by molar-refractivity contribution is 5.75. The summed E-state index contributed by atoms with van der Waals surface area (Å²) in [7, 11) is 1.68. The zero-order valence-electron chi connectivity index (χ0n) is 13.4. The molecule has 0 bridgehead atoms. The molecule has 0 atom stereocenters. The fourth-order valence-corrected chi connectivity index (χ4v) is 2.44. The fraction of sp³-hybridized carbons (Fsp3) is 0.412. The molecule has 0 aliphatic carbocycles. The average Bonchev–Trinajstić information content (AvgIpc) is 2.81. The molecule has 0 fully saturated rings. The molecule has 0 aliphatic rings. The first-order valence-corrected chi connectivity index (χ1v) is 7.50. The Labute approximate surface area is 131 Å². The lowest BCUT2D eigenvalue weighted by molar-refractivity contribution is -0.121. The predicted molar refractivity (Wildman–Crippen MR) is 86.0 cm³/mol. The van der Waals surface area contributed by atoms with Crippen molar-refractivity contribution in [2.45, 2.75) is 33.2 Å². The van der Waals surface area contributed by atoms with Crippen LogP contribution < -0.4 is 10.1 Å². The first-order valence-electron chi connectivity index (χ1n) is 7.50. The molecule has 5 nitrogen and oxygen atoms in total. The maximum atomic E-state index is 11.9. The van der Waals surface area contributed by atoms with Gasteiger partial charge in [-0.15, -0.1) is 0 Å². The topological polar surface area (TPSA) is 56.1 Å². The monoisotopic (exact) mass is 301 g/mol. The summed E-state index contributed by atoms with van der Waals surface area (Å²) in [5.74, 6) is 0.891. The number of hydrogen-bond acceptors (Lipinski definition) is 3. The SMILES string of the molecule is COc1ccccc1CCCNC(=O)Cn1nc(C)cc1C. The van der Waals surface area contributed by atoms with Crippen molar-refractivity contribution in [1.29, 1.82) is 0 Å². The summed E-state index contributed by atoms with van der Waals surface area (Å²) in [6.07, 6.45) is 1.76. The highest BCUT2D eigenvalue weighted by Crippen LogP contribution is 2.18. The second-order valence-corrected chi connectivity index (χ2v) is 5.35. The summed E-state index contributed by atoms with van der Waals surface area (Å²) in [5.41, 5.74) is 3.10. The molecule has 1 aromatic carbocycles. The number of nitrogens with zero attached hydrogens (tertiary/aromatic N) is 2. The first kappa shape index (κ1) is 16.1. The van der Waals surface area contributed by atoms with E-state index in [4.69, 9.17) is 4.74 Å². The number of carbonyl (C=O) groups is 1. The molecule has 1 heterocycles. The van der Waals surface area contributed by atoms with Gasteiger partial charge in [-0.2, -0.15) is 5.10 Å². The third-order valence-electron chi connectivity index (χ3n) is 3.53. The van der Waals surface area contributed by atoms with E-state index in [2.05, 4.69) is 16.5 Å². The van der Waals surface area contributed by atoms with Crippen LogP contribution in [0.5, 0.6) is 5.75 Å². The van der Waals surface area contributed by atoms with Crippen LogP contribution in [0, 0.1) is 13.8 Å². The normalized spacial score (nSPS) is 10.5. The van der Waals surface area contributed by atoms with Crippen molar-refractivity contribution in [1.82, 2.24) is 15.1 Å². The molecule has 118 valence electrons. The standard InChI is InChI=1S/C17H23N3O2/c1-13-11-14(2)20(19-13)12-17(21)18-10-6-8-15-7-4-5-9-16(15)22-3/h4-5,7,9,11H,6,8,10,12H2,1-3H3,(H,18,21). The number of aromatic nitrogens is 2. The van der Waals surface area contributed by atoms with Crippen molar-refractivity contribution in [3.05, 3.63) is 47.3 Å². The van der Waals surface area contributed by atoms with Crippen LogP contribution in [-0.4, -0.2) is 29.3 Å². The molecular formula is C17H23N3O2. The van der Waals surface area contributed by atoms with E-state index in [0.717, 1.165) is 35.5 Å². The number of ether oxygens (including phenoxy) is 1. The zero-order valence-corrected chi connectivity index (χ0v) is 13.4. The van der Waals surface area contributed by atoms with Gasteiger partial charge in [0.15, 0.2) is 0 Å². The molecule has 0 unspecified atom stereocenters. The van der Waals surface area contributed by atoms with Gasteiger partial charge in [0.2, 0.25) is 5.91 Å². The fourth-order valence-electron chi connectivity index (χ4n) is 2.44. The van der Waals surface area contributed by atoms with Crippen LogP contribution in [0.25, 0.3) is 0 Å². The molecule has 0 spiro atoms. The highest BCUT2D eigenvalue weighted by Gasteiger charge is 2.07. The number of methoxy groups -OCH3 is 1. The average molecular weight is 301 g/mol. The van der Waals surface area contributed by atoms with E-state index in [1.807, 2.05) is 38.1 Å². The molecule has 5 heteroatoms. The maximum absolute atomic E-state index is 11.9. The molecule has 2 aromatic rings. The Morgan fingerprint density at radius 2 is 2.09 bits per heavy atom. The van der Waals surface area contributed by atoms with Gasteiger partial charge in [-0.3, -0.25) is 9.48 Å². The number of rotatable bonds is 7. The molecule has 1 amide bonds. The second kappa shape index (κ2) is 7.64. The lowest BCUT2D eigenvalue weighted by atomic mass is 10.1. The third kappa shape index (κ3) is 4.35. The van der Waals surface area contributed by atoms with Crippen molar-refractivity contribution in [3.63, 3.8) is 0 Å². The van der Waals surface area contributed by atoms with Gasteiger partial charge in [0.25, 0.3) is 0 Å². The molecule has 1 N–H and O–H groups in total. The van der Waals surface area contributed by atoms with Crippen LogP contribution in [0.2, 0.25) is 0 Å². The molecular weight excluding hydrogens is 278 g/mol. The summed E-state index contributed by atoms with van der Waals surface area (Å²) < 4.78 is 7.05. The number of benzene rings is 1. The minimum atomic E-state index is -0.00812. The Kier molecular flexibility index (Phi) is 5.58. The second-order valence-electron chi connectivity index (χ2n) is 5.35. The van der Waals surface area contributed by atoms with Crippen molar-refractivity contribution in [3.8, 4) is 5.75 Å². The van der Waals surface area contributed by atoms with E-state index in [1.165, 1.54) is 0 Å². The summed E-state index contributed by atoms with van der Waals surface area (Å²) in [6.45, 7) is 4.80. The number of para-hydroxylation sites is 1. The Hall–Kier alpha value is -2.30. The van der Waals surface area contributed by atoms with Gasteiger partial charge in [-0.25, -0.2) is 0 Å². The first-order chi connectivity index (χ1) is 10.6. The van der Waals surface area contributed by atoms with Gasteiger partial charge in [0.1, 0.15) is 12.3 Å². The van der Waals surface area contributed by atoms with Crippen LogP contribution in [0.3, 0.4) is 0 Å². The number of amides is 1. The molecule has 0 saturated carbocycles. The Balaban J connectivity index is 1.74. The van der Waals surface area contributed by atoms with Crippen LogP contribution in [0.15, 0.2) is 30.3 Å². The zero-order chi connectivity index (χ0) is 15.9. The number of hydrogen-bond donors (Lipinski definition) is 1. The van der Waals surface area contributed by atoms with Gasteiger partial charge in [-0.05, 0) is 44.4 Å². The van der Waals surface area contributed by atoms with Gasteiger partial charge >= 0.3 is 0 Å². The van der Waals surface area contributed by atoms with Crippen molar-refractivity contribution < 1.29 is 9.53 Å². The molecule has 22 heavy (non-hydrogen) atoms. The predicted octanol–water partition coefficient (Wildman–Crippen LogP) is 2.26. The minimum absolute atomic E-state index is 0.00812. The van der Waals surface area contributed by atoms with Gasteiger partial charge in [-0.1, -0.05) is 18.2 Å². The Morgan fingerprint density at radius 1 is 1.32 bits per heavy atom. The maximum Gasteiger partial charge on any atom is 0.241 e. The van der Waals surface area contributed by atoms with Crippen LogP contribution in [0.1, 0.15) is 23.4 Å². The summed E-state index contributed by atoms with van der Waals surface area (Å²) in [6, 6.07) is 9.93. The molecule has 0 aliphatic heterocycles. The van der Waals surface area contributed by atoms with Gasteiger partial charge < -0.3 is 10.1 Å². The van der Waals surface area contributed by atoms with E-state index in [9.17, 15) is 4.79 Å². The number of carbonyl (C=O) groups excluding carboxylic acids is 1. The van der Waals surface area contributed by atoms with E-state index < -0.39 is 0 Å². The smallest absolute Gasteiger partial charge is 0.241 e. The van der Waals surface area contributed by atoms with E-state index >= 15 is 0 Å². The molecule has 2 rings (SSSR count). The Bertz CT molecular complexity index is 635. The van der Waals surface area contributed by atoms with Crippen LogP contribution >= 0.6 is 0 Å². The van der Waals surface area contributed by atoms with Gasteiger partial charge in [0.05, 0.1) is 12.8 Å². The lowest BCUT2D eigenvalue weighted by Crippen LogP contribution is -2.29.